The smallest absolute Gasteiger partial charge is 0.240 e. The van der Waals surface area contributed by atoms with Crippen molar-refractivity contribution >= 4 is 5.91 Å². The van der Waals surface area contributed by atoms with Crippen molar-refractivity contribution in [1.82, 2.24) is 10.2 Å². The summed E-state index contributed by atoms with van der Waals surface area (Å²) in [6.07, 6.45) is 0.253. The molecule has 24 heavy (non-hydrogen) atoms. The lowest BCUT2D eigenvalue weighted by atomic mass is 9.81. The third kappa shape index (κ3) is 5.41. The van der Waals surface area contributed by atoms with E-state index >= 15 is 0 Å². The number of hydrogen-bond donors (Lipinski definition) is 4. The van der Waals surface area contributed by atoms with Crippen molar-refractivity contribution in [3.63, 3.8) is 0 Å². The standard InChI is InChI=1S/C18H36N2O4/c1-7-8-9-20-12(10-21)14(22)15(23)13(20)16(24)19-18(5,6)11-17(2,3)4/h12-15,21-23H,7-11H2,1-6H3,(H,19,24)/t12-,13+,14+,15-/m1/s1. The van der Waals surface area contributed by atoms with Crippen molar-refractivity contribution in [2.75, 3.05) is 13.2 Å². The molecule has 0 aliphatic carbocycles. The fourth-order valence-electron chi connectivity index (χ4n) is 3.95. The maximum Gasteiger partial charge on any atom is 0.240 e. The van der Waals surface area contributed by atoms with Crippen molar-refractivity contribution < 1.29 is 20.1 Å². The van der Waals surface area contributed by atoms with E-state index in [4.69, 9.17) is 0 Å². The predicted molar refractivity (Wildman–Crippen MR) is 94.6 cm³/mol. The molecule has 6 nitrogen and oxygen atoms in total. The van der Waals surface area contributed by atoms with Gasteiger partial charge in [-0.1, -0.05) is 34.1 Å². The summed E-state index contributed by atoms with van der Waals surface area (Å²) < 4.78 is 0. The Bertz CT molecular complexity index is 420. The zero-order valence-electron chi connectivity index (χ0n) is 16.0. The maximum absolute atomic E-state index is 12.8. The number of aliphatic hydroxyl groups excluding tert-OH is 3. The quantitative estimate of drug-likeness (QED) is 0.550. The van der Waals surface area contributed by atoms with E-state index < -0.39 is 29.8 Å². The number of aliphatic hydroxyl groups is 3. The number of carbonyl (C=O) groups excluding carboxylic acids is 1. The number of carbonyl (C=O) groups is 1. The van der Waals surface area contributed by atoms with E-state index in [9.17, 15) is 20.1 Å². The van der Waals surface area contributed by atoms with Gasteiger partial charge < -0.3 is 20.6 Å². The fraction of sp³-hybridized carbons (Fsp3) is 0.944. The Balaban J connectivity index is 2.92. The van der Waals surface area contributed by atoms with E-state index in [0.717, 1.165) is 19.3 Å². The molecular weight excluding hydrogens is 308 g/mol. The maximum atomic E-state index is 12.8. The highest BCUT2D eigenvalue weighted by atomic mass is 16.3. The second-order valence-corrected chi connectivity index (χ2v) is 8.88. The van der Waals surface area contributed by atoms with Gasteiger partial charge in [0.2, 0.25) is 5.91 Å². The summed E-state index contributed by atoms with van der Waals surface area (Å²) in [5, 5.41) is 33.2. The average Bonchev–Trinajstić information content (AvgIpc) is 2.64. The van der Waals surface area contributed by atoms with E-state index in [1.807, 2.05) is 20.8 Å². The second kappa shape index (κ2) is 8.13. The Morgan fingerprint density at radius 1 is 1.12 bits per heavy atom. The second-order valence-electron chi connectivity index (χ2n) is 8.88. The van der Waals surface area contributed by atoms with Gasteiger partial charge in [-0.25, -0.2) is 0 Å². The number of unbranched alkanes of at least 4 members (excludes halogenated alkanes) is 1. The molecule has 1 amide bonds. The minimum atomic E-state index is -1.19. The Labute approximate surface area is 146 Å². The number of nitrogens with one attached hydrogen (secondary N) is 1. The highest BCUT2D eigenvalue weighted by molar-refractivity contribution is 5.83. The third-order valence-corrected chi connectivity index (χ3v) is 4.51. The van der Waals surface area contributed by atoms with Crippen molar-refractivity contribution in [3.05, 3.63) is 0 Å². The molecule has 4 atom stereocenters. The molecule has 1 fully saturated rings. The van der Waals surface area contributed by atoms with Crippen LogP contribution in [-0.2, 0) is 4.79 Å². The van der Waals surface area contributed by atoms with E-state index in [0.29, 0.717) is 6.54 Å². The van der Waals surface area contributed by atoms with E-state index in [1.165, 1.54) is 0 Å². The van der Waals surface area contributed by atoms with Crippen LogP contribution >= 0.6 is 0 Å². The van der Waals surface area contributed by atoms with Crippen LogP contribution in [0.25, 0.3) is 0 Å². The van der Waals surface area contributed by atoms with Crippen LogP contribution < -0.4 is 5.32 Å². The molecule has 0 unspecified atom stereocenters. The van der Waals surface area contributed by atoms with Crippen LogP contribution in [0.4, 0.5) is 0 Å². The first-order valence-corrected chi connectivity index (χ1v) is 8.98. The fourth-order valence-corrected chi connectivity index (χ4v) is 3.95. The largest absolute Gasteiger partial charge is 0.395 e. The number of hydrogen-bond acceptors (Lipinski definition) is 5. The average molecular weight is 344 g/mol. The molecule has 1 rings (SSSR count). The van der Waals surface area contributed by atoms with Gasteiger partial charge in [-0.05, 0) is 38.6 Å². The molecular formula is C18H36N2O4. The summed E-state index contributed by atoms with van der Waals surface area (Å²) in [6, 6.07) is -1.43. The number of amides is 1. The van der Waals surface area contributed by atoms with Gasteiger partial charge in [0.25, 0.3) is 0 Å². The van der Waals surface area contributed by atoms with Gasteiger partial charge >= 0.3 is 0 Å². The molecule has 1 heterocycles. The summed E-state index contributed by atoms with van der Waals surface area (Å²) >= 11 is 0. The summed E-state index contributed by atoms with van der Waals surface area (Å²) in [5.41, 5.74) is -0.367. The van der Waals surface area contributed by atoms with Crippen LogP contribution in [0.2, 0.25) is 0 Å². The molecule has 1 aliphatic heterocycles. The minimum Gasteiger partial charge on any atom is -0.395 e. The zero-order valence-corrected chi connectivity index (χ0v) is 16.0. The van der Waals surface area contributed by atoms with Gasteiger partial charge in [0.05, 0.1) is 18.8 Å². The number of nitrogens with zero attached hydrogens (tertiary/aromatic N) is 1. The summed E-state index contributed by atoms with van der Waals surface area (Å²) in [6.45, 7) is 12.6. The van der Waals surface area contributed by atoms with Crippen LogP contribution in [0.1, 0.15) is 60.8 Å². The van der Waals surface area contributed by atoms with Gasteiger partial charge in [-0.2, -0.15) is 0 Å². The Hall–Kier alpha value is -0.690. The Morgan fingerprint density at radius 3 is 2.17 bits per heavy atom. The molecule has 0 aromatic carbocycles. The van der Waals surface area contributed by atoms with Crippen LogP contribution in [0.5, 0.6) is 0 Å². The van der Waals surface area contributed by atoms with E-state index in [1.54, 1.807) is 4.90 Å². The van der Waals surface area contributed by atoms with Gasteiger partial charge in [-0.3, -0.25) is 9.69 Å². The highest BCUT2D eigenvalue weighted by Crippen LogP contribution is 2.29. The van der Waals surface area contributed by atoms with E-state index in [-0.39, 0.29) is 17.9 Å². The van der Waals surface area contributed by atoms with Gasteiger partial charge in [0.15, 0.2) is 0 Å². The SMILES string of the molecule is CCCCN1[C@H](CO)[C@H](O)[C@H](O)[C@H]1C(=O)NC(C)(C)CC(C)(C)C. The van der Waals surface area contributed by atoms with Crippen LogP contribution in [-0.4, -0.2) is 69.1 Å². The van der Waals surface area contributed by atoms with Crippen molar-refractivity contribution in [3.8, 4) is 0 Å². The van der Waals surface area contributed by atoms with Gasteiger partial charge in [0.1, 0.15) is 12.1 Å². The summed E-state index contributed by atoms with van der Waals surface area (Å²) in [7, 11) is 0. The van der Waals surface area contributed by atoms with Crippen molar-refractivity contribution in [2.45, 2.75) is 90.6 Å². The lowest BCUT2D eigenvalue weighted by molar-refractivity contribution is -0.131. The predicted octanol–water partition coefficient (Wildman–Crippen LogP) is 0.884. The minimum absolute atomic E-state index is 0.0557. The molecule has 0 saturated carbocycles. The molecule has 0 radical (unpaired) electrons. The first-order valence-electron chi connectivity index (χ1n) is 8.98. The molecule has 0 bridgehead atoms. The summed E-state index contributed by atoms with van der Waals surface area (Å²) in [4.78, 5) is 14.6. The van der Waals surface area contributed by atoms with Gasteiger partial charge in [0, 0.05) is 5.54 Å². The molecule has 1 aliphatic rings. The van der Waals surface area contributed by atoms with Crippen LogP contribution in [0.3, 0.4) is 0 Å². The van der Waals surface area contributed by atoms with Crippen LogP contribution in [0, 0.1) is 5.41 Å². The molecule has 0 spiro atoms. The molecule has 1 saturated heterocycles. The topological polar surface area (TPSA) is 93.0 Å². The van der Waals surface area contributed by atoms with Crippen molar-refractivity contribution in [2.24, 2.45) is 5.41 Å². The molecule has 4 N–H and O–H groups in total. The van der Waals surface area contributed by atoms with Crippen molar-refractivity contribution in [1.29, 1.82) is 0 Å². The highest BCUT2D eigenvalue weighted by Gasteiger charge is 2.50. The first kappa shape index (κ1) is 21.4. The summed E-state index contributed by atoms with van der Waals surface area (Å²) in [5.74, 6) is -0.289. The van der Waals surface area contributed by atoms with Gasteiger partial charge in [-0.15, -0.1) is 0 Å². The molecule has 0 aromatic rings. The first-order chi connectivity index (χ1) is 10.9. The molecule has 142 valence electrons. The monoisotopic (exact) mass is 344 g/mol. The molecule has 0 aromatic heterocycles. The lowest BCUT2D eigenvalue weighted by Gasteiger charge is -2.36. The van der Waals surface area contributed by atoms with E-state index in [2.05, 4.69) is 26.1 Å². The van der Waals surface area contributed by atoms with Crippen LogP contribution in [0.15, 0.2) is 0 Å². The normalized spacial score (nSPS) is 29.0. The third-order valence-electron chi connectivity index (χ3n) is 4.51. The Morgan fingerprint density at radius 2 is 1.71 bits per heavy atom. The zero-order chi connectivity index (χ0) is 18.7. The molecule has 6 heteroatoms. The number of rotatable bonds is 7. The number of likely N-dealkylation sites (tertiary alicyclic amines) is 1. The Kier molecular flexibility index (Phi) is 7.23. The lowest BCUT2D eigenvalue weighted by Crippen LogP contribution is -2.56.